The van der Waals surface area contributed by atoms with Gasteiger partial charge in [-0.2, -0.15) is 0 Å². The third-order valence-corrected chi connectivity index (χ3v) is 7.88. The van der Waals surface area contributed by atoms with E-state index in [9.17, 15) is 0 Å². The van der Waals surface area contributed by atoms with Crippen LogP contribution in [0.25, 0.3) is 21.9 Å². The molecule has 0 bridgehead atoms. The molecule has 0 N–H and O–H groups in total. The summed E-state index contributed by atoms with van der Waals surface area (Å²) in [4.78, 5) is 0. The minimum Gasteiger partial charge on any atom is -0.457 e. The van der Waals surface area contributed by atoms with Gasteiger partial charge in [-0.15, -0.1) is 0 Å². The van der Waals surface area contributed by atoms with Crippen LogP contribution in [0.15, 0.2) is 40.8 Å². The Balaban J connectivity index is 1.94. The molecule has 5 heteroatoms. The molecule has 0 saturated carbocycles. The Bertz CT molecular complexity index is 982. The molecule has 0 radical (unpaired) electrons. The predicted molar refractivity (Wildman–Crippen MR) is 112 cm³/mol. The lowest BCUT2D eigenvalue weighted by Gasteiger charge is -2.32. The van der Waals surface area contributed by atoms with Crippen molar-refractivity contribution in [1.82, 2.24) is 0 Å². The molecule has 2 aromatic carbocycles. The second-order valence-corrected chi connectivity index (χ2v) is 14.4. The van der Waals surface area contributed by atoms with E-state index in [1.54, 1.807) is 0 Å². The summed E-state index contributed by atoms with van der Waals surface area (Å²) in [5.41, 5.74) is 2.14. The average Bonchev–Trinajstić information content (AvgIpc) is 3.00. The van der Waals surface area contributed by atoms with Gasteiger partial charge in [0.1, 0.15) is 11.2 Å². The number of fused-ring (bicyclic) bond motifs is 3. The molecule has 1 aromatic heterocycles. The zero-order valence-electron chi connectivity index (χ0n) is 16.8. The van der Waals surface area contributed by atoms with Crippen LogP contribution < -0.4 is 10.6 Å². The quantitative estimate of drug-likeness (QED) is 0.629. The molecule has 1 aliphatic heterocycles. The molecular formula is C21H27BO3Si. The van der Waals surface area contributed by atoms with E-state index < -0.39 is 15.2 Å². The Hall–Kier alpha value is -1.56. The van der Waals surface area contributed by atoms with Gasteiger partial charge in [-0.05, 0) is 32.9 Å². The van der Waals surface area contributed by atoms with Crippen LogP contribution in [-0.2, 0) is 9.31 Å². The summed E-state index contributed by atoms with van der Waals surface area (Å²) in [5.74, 6) is 0. The zero-order valence-corrected chi connectivity index (χ0v) is 17.8. The molecule has 0 atom stereocenters. The van der Waals surface area contributed by atoms with Crippen LogP contribution in [0.4, 0.5) is 0 Å². The van der Waals surface area contributed by atoms with E-state index in [4.69, 9.17) is 13.7 Å². The monoisotopic (exact) mass is 366 g/mol. The Morgan fingerprint density at radius 1 is 0.769 bits per heavy atom. The molecule has 1 saturated heterocycles. The van der Waals surface area contributed by atoms with E-state index in [0.717, 1.165) is 22.0 Å². The Labute approximate surface area is 156 Å². The summed E-state index contributed by atoms with van der Waals surface area (Å²) in [7, 11) is -1.93. The van der Waals surface area contributed by atoms with Crippen LogP contribution in [0.5, 0.6) is 0 Å². The highest BCUT2D eigenvalue weighted by Gasteiger charge is 2.52. The fourth-order valence-electron chi connectivity index (χ4n) is 3.59. The minimum absolute atomic E-state index is 0.366. The summed E-state index contributed by atoms with van der Waals surface area (Å²) < 4.78 is 19.0. The van der Waals surface area contributed by atoms with Gasteiger partial charge in [0.15, 0.2) is 0 Å². The second kappa shape index (κ2) is 5.47. The van der Waals surface area contributed by atoms with Crippen LogP contribution in [0.3, 0.4) is 0 Å². The van der Waals surface area contributed by atoms with Crippen molar-refractivity contribution in [2.45, 2.75) is 58.5 Å². The number of benzene rings is 2. The minimum atomic E-state index is -1.51. The maximum Gasteiger partial charge on any atom is 0.498 e. The first-order valence-electron chi connectivity index (χ1n) is 9.31. The van der Waals surface area contributed by atoms with Gasteiger partial charge in [0, 0.05) is 16.2 Å². The summed E-state index contributed by atoms with van der Waals surface area (Å²) in [6, 6.07) is 12.8. The average molecular weight is 366 g/mol. The van der Waals surface area contributed by atoms with Crippen molar-refractivity contribution in [3.63, 3.8) is 0 Å². The van der Waals surface area contributed by atoms with Crippen molar-refractivity contribution in [1.29, 1.82) is 0 Å². The first-order chi connectivity index (χ1) is 12.0. The largest absolute Gasteiger partial charge is 0.498 e. The van der Waals surface area contributed by atoms with Crippen molar-refractivity contribution in [2.24, 2.45) is 0 Å². The number of para-hydroxylation sites is 2. The highest BCUT2D eigenvalue weighted by molar-refractivity contribution is 6.90. The number of hydrogen-bond acceptors (Lipinski definition) is 3. The SMILES string of the molecule is CC1(C)OB(c2cccc3c2oc2c([Si](C)(C)C)cccc23)OC1(C)C. The fraction of sp³-hybridized carbons (Fsp3) is 0.429. The summed E-state index contributed by atoms with van der Waals surface area (Å²) >= 11 is 0. The van der Waals surface area contributed by atoms with Gasteiger partial charge in [0.2, 0.25) is 0 Å². The lowest BCUT2D eigenvalue weighted by Crippen LogP contribution is -2.41. The van der Waals surface area contributed by atoms with Gasteiger partial charge >= 0.3 is 7.12 Å². The fourth-order valence-corrected chi connectivity index (χ4v) is 5.05. The van der Waals surface area contributed by atoms with Crippen LogP contribution in [-0.4, -0.2) is 26.4 Å². The maximum absolute atomic E-state index is 6.46. The predicted octanol–water partition coefficient (Wildman–Crippen LogP) is 4.43. The van der Waals surface area contributed by atoms with E-state index in [1.165, 1.54) is 10.6 Å². The molecule has 0 amide bonds. The zero-order chi connectivity index (χ0) is 18.9. The third kappa shape index (κ3) is 2.56. The van der Waals surface area contributed by atoms with E-state index in [2.05, 4.69) is 83.7 Å². The molecule has 136 valence electrons. The van der Waals surface area contributed by atoms with Crippen LogP contribution in [0.2, 0.25) is 19.6 Å². The number of furan rings is 1. The van der Waals surface area contributed by atoms with E-state index >= 15 is 0 Å². The molecule has 26 heavy (non-hydrogen) atoms. The molecule has 1 fully saturated rings. The first kappa shape index (κ1) is 17.8. The van der Waals surface area contributed by atoms with Gasteiger partial charge in [0.05, 0.1) is 19.3 Å². The summed E-state index contributed by atoms with van der Waals surface area (Å²) in [6.45, 7) is 15.4. The van der Waals surface area contributed by atoms with Crippen LogP contribution >= 0.6 is 0 Å². The topological polar surface area (TPSA) is 31.6 Å². The van der Waals surface area contributed by atoms with Crippen molar-refractivity contribution in [3.05, 3.63) is 36.4 Å². The van der Waals surface area contributed by atoms with Crippen molar-refractivity contribution in [2.75, 3.05) is 0 Å². The van der Waals surface area contributed by atoms with E-state index in [-0.39, 0.29) is 11.2 Å². The van der Waals surface area contributed by atoms with E-state index in [1.807, 2.05) is 0 Å². The summed E-state index contributed by atoms with van der Waals surface area (Å²) in [5, 5.41) is 3.66. The van der Waals surface area contributed by atoms with E-state index in [0.29, 0.717) is 0 Å². The first-order valence-corrected chi connectivity index (χ1v) is 12.8. The van der Waals surface area contributed by atoms with Crippen molar-refractivity contribution >= 4 is 47.8 Å². The maximum atomic E-state index is 6.46. The van der Waals surface area contributed by atoms with Crippen LogP contribution in [0, 0.1) is 0 Å². The van der Waals surface area contributed by atoms with Gasteiger partial charge in [-0.3, -0.25) is 0 Å². The molecule has 3 nitrogen and oxygen atoms in total. The Morgan fingerprint density at radius 3 is 1.88 bits per heavy atom. The normalized spacial score (nSPS) is 19.6. The standard InChI is InChI=1S/C21H27BO3Si/c1-20(2)21(3,4)25-22(24-20)16-12-8-10-14-15-11-9-13-17(26(5,6)7)19(15)23-18(14)16/h8-13H,1-7H3. The lowest BCUT2D eigenvalue weighted by molar-refractivity contribution is 0.00578. The molecule has 1 aliphatic rings. The molecular weight excluding hydrogens is 339 g/mol. The molecule has 2 heterocycles. The molecule has 0 spiro atoms. The van der Waals surface area contributed by atoms with Crippen molar-refractivity contribution < 1.29 is 13.7 Å². The highest BCUT2D eigenvalue weighted by Crippen LogP contribution is 2.37. The molecule has 4 rings (SSSR count). The molecule has 0 aliphatic carbocycles. The third-order valence-electron chi connectivity index (χ3n) is 5.87. The number of hydrogen-bond donors (Lipinski definition) is 0. The highest BCUT2D eigenvalue weighted by atomic mass is 28.3. The van der Waals surface area contributed by atoms with Crippen LogP contribution in [0.1, 0.15) is 27.7 Å². The second-order valence-electron chi connectivity index (χ2n) is 9.35. The lowest BCUT2D eigenvalue weighted by atomic mass is 9.78. The van der Waals surface area contributed by atoms with Gasteiger partial charge in [-0.1, -0.05) is 56.0 Å². The summed E-state index contributed by atoms with van der Waals surface area (Å²) in [6.07, 6.45) is 0. The molecule has 3 aromatic rings. The van der Waals surface area contributed by atoms with Gasteiger partial charge in [0.25, 0.3) is 0 Å². The van der Waals surface area contributed by atoms with Gasteiger partial charge < -0.3 is 13.7 Å². The Morgan fingerprint density at radius 2 is 1.31 bits per heavy atom. The Kier molecular flexibility index (Phi) is 3.75. The van der Waals surface area contributed by atoms with Gasteiger partial charge in [-0.25, -0.2) is 0 Å². The number of rotatable bonds is 2. The van der Waals surface area contributed by atoms with Crippen molar-refractivity contribution in [3.8, 4) is 0 Å². The molecule has 0 unspecified atom stereocenters. The smallest absolute Gasteiger partial charge is 0.457 e.